The van der Waals surface area contributed by atoms with Crippen molar-refractivity contribution in [2.24, 2.45) is 5.92 Å². The predicted molar refractivity (Wildman–Crippen MR) is 52.6 cm³/mol. The quantitative estimate of drug-likeness (QED) is 0.654. The van der Waals surface area contributed by atoms with Crippen LogP contribution in [0.3, 0.4) is 0 Å². The van der Waals surface area contributed by atoms with Gasteiger partial charge in [-0.2, -0.15) is 0 Å². The monoisotopic (exact) mass is 184 g/mol. The van der Waals surface area contributed by atoms with Gasteiger partial charge in [0.1, 0.15) is 0 Å². The lowest BCUT2D eigenvalue weighted by molar-refractivity contribution is -0.0599. The van der Waals surface area contributed by atoms with E-state index in [1.54, 1.807) is 0 Å². The second kappa shape index (κ2) is 3.56. The summed E-state index contributed by atoms with van der Waals surface area (Å²) >= 11 is 0. The van der Waals surface area contributed by atoms with Crippen molar-refractivity contribution in [3.05, 3.63) is 0 Å². The number of piperazine rings is 3. The molecule has 3 saturated heterocycles. The summed E-state index contributed by atoms with van der Waals surface area (Å²) in [5.74, 6) is 0.380. The molecule has 3 heteroatoms. The number of aliphatic hydroxyl groups excluding tert-OH is 1. The van der Waals surface area contributed by atoms with Crippen LogP contribution in [0.1, 0.15) is 13.8 Å². The number of aliphatic hydroxyl groups is 1. The molecule has 0 aromatic heterocycles. The van der Waals surface area contributed by atoms with Gasteiger partial charge in [-0.15, -0.1) is 0 Å². The number of rotatable bonds is 2. The van der Waals surface area contributed by atoms with Crippen LogP contribution in [0.5, 0.6) is 0 Å². The number of hydrogen-bond acceptors (Lipinski definition) is 3. The Kier molecular flexibility index (Phi) is 2.58. The third-order valence-electron chi connectivity index (χ3n) is 3.40. The molecule has 3 aliphatic heterocycles. The van der Waals surface area contributed by atoms with E-state index in [1.807, 2.05) is 0 Å². The lowest BCUT2D eigenvalue weighted by Gasteiger charge is -2.49. The van der Waals surface area contributed by atoms with Crippen LogP contribution in [-0.4, -0.2) is 59.8 Å². The topological polar surface area (TPSA) is 26.7 Å². The van der Waals surface area contributed by atoms with E-state index >= 15 is 0 Å². The SMILES string of the molecule is CC(C)C(O)C1CN2CCN1CC2. The van der Waals surface area contributed by atoms with Gasteiger partial charge in [0.15, 0.2) is 0 Å². The fourth-order valence-corrected chi connectivity index (χ4v) is 2.43. The first-order chi connectivity index (χ1) is 6.18. The minimum absolute atomic E-state index is 0.150. The van der Waals surface area contributed by atoms with Crippen molar-refractivity contribution in [3.8, 4) is 0 Å². The van der Waals surface area contributed by atoms with Gasteiger partial charge in [-0.25, -0.2) is 0 Å². The van der Waals surface area contributed by atoms with E-state index in [0.29, 0.717) is 12.0 Å². The number of hydrogen-bond donors (Lipinski definition) is 1. The maximum Gasteiger partial charge on any atom is 0.0730 e. The summed E-state index contributed by atoms with van der Waals surface area (Å²) in [6.07, 6.45) is -0.150. The van der Waals surface area contributed by atoms with Gasteiger partial charge in [-0.05, 0) is 5.92 Å². The van der Waals surface area contributed by atoms with E-state index in [0.717, 1.165) is 19.6 Å². The van der Waals surface area contributed by atoms with E-state index in [9.17, 15) is 5.11 Å². The zero-order valence-electron chi connectivity index (χ0n) is 8.61. The van der Waals surface area contributed by atoms with Crippen molar-refractivity contribution in [2.75, 3.05) is 32.7 Å². The zero-order chi connectivity index (χ0) is 9.42. The molecule has 0 aromatic carbocycles. The molecule has 3 heterocycles. The number of nitrogens with zero attached hydrogens (tertiary/aromatic N) is 2. The fraction of sp³-hybridized carbons (Fsp3) is 1.00. The van der Waals surface area contributed by atoms with Crippen molar-refractivity contribution in [1.82, 2.24) is 9.80 Å². The Morgan fingerprint density at radius 3 is 2.15 bits per heavy atom. The van der Waals surface area contributed by atoms with Gasteiger partial charge in [0, 0.05) is 38.8 Å². The Labute approximate surface area is 80.3 Å². The van der Waals surface area contributed by atoms with E-state index < -0.39 is 0 Å². The highest BCUT2D eigenvalue weighted by molar-refractivity contribution is 4.92. The van der Waals surface area contributed by atoms with E-state index in [-0.39, 0.29) is 6.10 Å². The molecule has 2 unspecified atom stereocenters. The summed E-state index contributed by atoms with van der Waals surface area (Å²) in [6, 6.07) is 0.391. The summed E-state index contributed by atoms with van der Waals surface area (Å²) in [7, 11) is 0. The van der Waals surface area contributed by atoms with Crippen LogP contribution < -0.4 is 0 Å². The second-order valence-electron chi connectivity index (χ2n) is 4.64. The molecule has 2 atom stereocenters. The molecular weight excluding hydrogens is 164 g/mol. The molecule has 76 valence electrons. The normalized spacial score (nSPS) is 41.1. The molecule has 3 nitrogen and oxygen atoms in total. The van der Waals surface area contributed by atoms with Gasteiger partial charge in [0.2, 0.25) is 0 Å². The van der Waals surface area contributed by atoms with Crippen LogP contribution in [0.4, 0.5) is 0 Å². The highest BCUT2D eigenvalue weighted by Crippen LogP contribution is 2.21. The van der Waals surface area contributed by atoms with Crippen LogP contribution in [0, 0.1) is 5.92 Å². The van der Waals surface area contributed by atoms with Gasteiger partial charge < -0.3 is 5.11 Å². The molecule has 1 N–H and O–H groups in total. The Hall–Kier alpha value is -0.120. The third-order valence-corrected chi connectivity index (χ3v) is 3.40. The maximum absolute atomic E-state index is 10.0. The molecule has 0 radical (unpaired) electrons. The maximum atomic E-state index is 10.0. The molecule has 0 aliphatic carbocycles. The smallest absolute Gasteiger partial charge is 0.0730 e. The van der Waals surface area contributed by atoms with E-state index in [2.05, 4.69) is 23.6 Å². The van der Waals surface area contributed by atoms with Crippen molar-refractivity contribution in [1.29, 1.82) is 0 Å². The lowest BCUT2D eigenvalue weighted by Crippen LogP contribution is -2.64. The summed E-state index contributed by atoms with van der Waals surface area (Å²) in [6.45, 7) is 9.96. The summed E-state index contributed by atoms with van der Waals surface area (Å²) in [5, 5.41) is 10.0. The largest absolute Gasteiger partial charge is 0.391 e. The average Bonchev–Trinajstić information content (AvgIpc) is 2.18. The molecule has 0 amide bonds. The molecule has 2 bridgehead atoms. The zero-order valence-corrected chi connectivity index (χ0v) is 8.61. The first-order valence-electron chi connectivity index (χ1n) is 5.33. The molecule has 13 heavy (non-hydrogen) atoms. The van der Waals surface area contributed by atoms with Crippen molar-refractivity contribution >= 4 is 0 Å². The van der Waals surface area contributed by atoms with Crippen LogP contribution in [0.2, 0.25) is 0 Å². The van der Waals surface area contributed by atoms with Gasteiger partial charge in [-0.3, -0.25) is 9.80 Å². The average molecular weight is 184 g/mol. The van der Waals surface area contributed by atoms with Crippen molar-refractivity contribution < 1.29 is 5.11 Å². The van der Waals surface area contributed by atoms with Crippen molar-refractivity contribution in [3.63, 3.8) is 0 Å². The Morgan fingerprint density at radius 1 is 1.15 bits per heavy atom. The standard InChI is InChI=1S/C10H20N2O/c1-8(2)10(13)9-7-11-3-5-12(9)6-4-11/h8-10,13H,3-7H2,1-2H3. The molecule has 3 aliphatic rings. The van der Waals surface area contributed by atoms with E-state index in [1.165, 1.54) is 13.1 Å². The lowest BCUT2D eigenvalue weighted by atomic mass is 9.94. The molecular formula is C10H20N2O. The van der Waals surface area contributed by atoms with E-state index in [4.69, 9.17) is 0 Å². The summed E-state index contributed by atoms with van der Waals surface area (Å²) in [5.41, 5.74) is 0. The highest BCUT2D eigenvalue weighted by atomic mass is 16.3. The van der Waals surface area contributed by atoms with Crippen molar-refractivity contribution in [2.45, 2.75) is 26.0 Å². The summed E-state index contributed by atoms with van der Waals surface area (Å²) < 4.78 is 0. The molecule has 0 spiro atoms. The third kappa shape index (κ3) is 1.73. The molecule has 3 fully saturated rings. The first-order valence-corrected chi connectivity index (χ1v) is 5.33. The van der Waals surface area contributed by atoms with Crippen LogP contribution in [0.25, 0.3) is 0 Å². The van der Waals surface area contributed by atoms with Gasteiger partial charge in [0.25, 0.3) is 0 Å². The Balaban J connectivity index is 2.00. The van der Waals surface area contributed by atoms with Crippen LogP contribution in [0.15, 0.2) is 0 Å². The van der Waals surface area contributed by atoms with Gasteiger partial charge in [-0.1, -0.05) is 13.8 Å². The second-order valence-corrected chi connectivity index (χ2v) is 4.64. The molecule has 3 rings (SSSR count). The van der Waals surface area contributed by atoms with Crippen LogP contribution in [-0.2, 0) is 0 Å². The Bertz CT molecular complexity index is 174. The summed E-state index contributed by atoms with van der Waals surface area (Å²) in [4.78, 5) is 4.92. The van der Waals surface area contributed by atoms with Gasteiger partial charge in [0.05, 0.1) is 6.10 Å². The molecule has 0 aromatic rings. The molecule has 0 saturated carbocycles. The van der Waals surface area contributed by atoms with Crippen LogP contribution >= 0.6 is 0 Å². The predicted octanol–water partition coefficient (Wildman–Crippen LogP) is 0.00310. The highest BCUT2D eigenvalue weighted by Gasteiger charge is 2.36. The Morgan fingerprint density at radius 2 is 1.77 bits per heavy atom. The number of fused-ring (bicyclic) bond motifs is 3. The fourth-order valence-electron chi connectivity index (χ4n) is 2.43. The minimum atomic E-state index is -0.150. The first kappa shape index (κ1) is 9.44. The van der Waals surface area contributed by atoms with Gasteiger partial charge >= 0.3 is 0 Å². The minimum Gasteiger partial charge on any atom is -0.391 e.